The summed E-state index contributed by atoms with van der Waals surface area (Å²) in [7, 11) is 0. The van der Waals surface area contributed by atoms with Gasteiger partial charge in [-0.3, -0.25) is 0 Å². The molecule has 0 N–H and O–H groups in total. The number of hydrogen-bond acceptors (Lipinski definition) is 2. The standard InChI is InChI=1S/C18H18ClFN2O.Tl/c19-15-6-4-5-14(16-11-21-12-22-16)13(15)7-8-17(23)18(20)9-2-1-3-10-18;/h4-8,11-12H,1-3,9-10H2,(H,21,22,23);/q;+1/p-1. The molecule has 1 aliphatic rings. The van der Waals surface area contributed by atoms with E-state index >= 15 is 0 Å². The van der Waals surface area contributed by atoms with Crippen molar-refractivity contribution in [2.45, 2.75) is 37.8 Å². The van der Waals surface area contributed by atoms with Crippen molar-refractivity contribution in [1.82, 2.24) is 7.36 Å². The number of allylic oxidation sites excluding steroid dienone is 1. The van der Waals surface area contributed by atoms with Crippen LogP contribution in [0.25, 0.3) is 17.3 Å². The minimum absolute atomic E-state index is 0.317. The van der Waals surface area contributed by atoms with Crippen molar-refractivity contribution < 1.29 is 9.18 Å². The topological polar surface area (TPSA) is 34.9 Å². The van der Waals surface area contributed by atoms with Crippen LogP contribution >= 0.6 is 11.6 Å². The van der Waals surface area contributed by atoms with Gasteiger partial charge in [0.05, 0.1) is 0 Å². The van der Waals surface area contributed by atoms with E-state index in [0.717, 1.165) is 30.5 Å². The molecule has 1 heterocycles. The van der Waals surface area contributed by atoms with Gasteiger partial charge < -0.3 is 0 Å². The van der Waals surface area contributed by atoms with E-state index in [1.165, 1.54) is 6.08 Å². The third kappa shape index (κ3) is 3.80. The number of nitrogens with zero attached hydrogens (tertiary/aromatic N) is 2. The van der Waals surface area contributed by atoms with Gasteiger partial charge in [-0.05, 0) is 0 Å². The molecule has 0 saturated heterocycles. The van der Waals surface area contributed by atoms with E-state index in [4.69, 9.17) is 11.6 Å². The maximum absolute atomic E-state index is 14.8. The zero-order chi connectivity index (χ0) is 17.2. The van der Waals surface area contributed by atoms with Crippen LogP contribution in [-0.4, -0.2) is 44.9 Å². The van der Waals surface area contributed by atoms with E-state index in [1.54, 1.807) is 18.5 Å². The molecule has 3 nitrogen and oxygen atoms in total. The maximum atomic E-state index is 14.8. The predicted octanol–water partition coefficient (Wildman–Crippen LogP) is 4.39. The fourth-order valence-electron chi connectivity index (χ4n) is 3.07. The number of hydrogen-bond donors (Lipinski definition) is 0. The van der Waals surface area contributed by atoms with Crippen LogP contribution in [0, 0.1) is 0 Å². The second-order valence-electron chi connectivity index (χ2n) is 6.13. The van der Waals surface area contributed by atoms with E-state index in [1.807, 2.05) is 20.7 Å². The SMILES string of the molecule is O=C(/C=C/c1c(Cl)cccc1-c1c[n]([Tl])cn1)C1(F)CCCCC1. The van der Waals surface area contributed by atoms with Gasteiger partial charge in [-0.1, -0.05) is 0 Å². The first-order valence-corrected chi connectivity index (χ1v) is 10.4. The predicted molar refractivity (Wildman–Crippen MR) is 94.8 cm³/mol. The quantitative estimate of drug-likeness (QED) is 0.430. The number of alkyl halides is 1. The number of aromatic nitrogens is 2. The first kappa shape index (κ1) is 17.8. The zero-order valence-corrected chi connectivity index (χ0v) is 18.5. The summed E-state index contributed by atoms with van der Waals surface area (Å²) in [6.07, 6.45) is 9.87. The Morgan fingerprint density at radius 2 is 2.08 bits per heavy atom. The number of rotatable bonds is 4. The molecule has 24 heavy (non-hydrogen) atoms. The molecule has 1 aromatic heterocycles. The Bertz CT molecular complexity index is 781. The Morgan fingerprint density at radius 1 is 1.33 bits per heavy atom. The second-order valence-corrected chi connectivity index (χ2v) is 8.86. The number of imidazole rings is 1. The van der Waals surface area contributed by atoms with Gasteiger partial charge in [0, 0.05) is 0 Å². The van der Waals surface area contributed by atoms with Gasteiger partial charge in [0.15, 0.2) is 0 Å². The van der Waals surface area contributed by atoms with Crippen molar-refractivity contribution in [2.75, 3.05) is 0 Å². The molecule has 0 bridgehead atoms. The van der Waals surface area contributed by atoms with Crippen LogP contribution in [0.2, 0.25) is 5.02 Å². The number of carbonyl (C=O) groups is 1. The van der Waals surface area contributed by atoms with Crippen LogP contribution in [0.4, 0.5) is 4.39 Å². The molecular weight excluding hydrogens is 519 g/mol. The van der Waals surface area contributed by atoms with E-state index in [-0.39, 0.29) is 0 Å². The fourth-order valence-corrected chi connectivity index (χ4v) is 4.12. The van der Waals surface area contributed by atoms with Gasteiger partial charge in [-0.2, -0.15) is 0 Å². The average molecular weight is 536 g/mol. The summed E-state index contributed by atoms with van der Waals surface area (Å²) in [5.74, 6) is -0.456. The summed E-state index contributed by atoms with van der Waals surface area (Å²) < 4.78 is 16.8. The van der Waals surface area contributed by atoms with Crippen LogP contribution < -0.4 is 0 Å². The van der Waals surface area contributed by atoms with Crippen molar-refractivity contribution in [2.24, 2.45) is 0 Å². The number of carbonyl (C=O) groups excluding carboxylic acids is 1. The van der Waals surface area contributed by atoms with Crippen LogP contribution in [0.5, 0.6) is 0 Å². The molecule has 1 fully saturated rings. The van der Waals surface area contributed by atoms with Crippen molar-refractivity contribution in [3.63, 3.8) is 0 Å². The summed E-state index contributed by atoms with van der Waals surface area (Å²) >= 11 is 6.94. The molecule has 2 aromatic rings. The Morgan fingerprint density at radius 3 is 2.75 bits per heavy atom. The Labute approximate surface area is 162 Å². The Balaban J connectivity index is 1.91. The molecule has 0 amide bonds. The molecule has 0 radical (unpaired) electrons. The number of ketones is 1. The van der Waals surface area contributed by atoms with E-state index in [2.05, 4.69) is 4.98 Å². The first-order valence-electron chi connectivity index (χ1n) is 7.99. The molecular formula is C18H17ClFN2OTl. The normalized spacial score (nSPS) is 17.2. The number of benzene rings is 1. The molecule has 0 aliphatic heterocycles. The molecule has 122 valence electrons. The Kier molecular flexibility index (Phi) is 5.54. The molecule has 1 aromatic carbocycles. The summed E-state index contributed by atoms with van der Waals surface area (Å²) in [4.78, 5) is 16.7. The average Bonchev–Trinajstić information content (AvgIpc) is 3.00. The monoisotopic (exact) mass is 536 g/mol. The molecule has 3 rings (SSSR count). The Hall–Kier alpha value is -1.02. The van der Waals surface area contributed by atoms with Crippen LogP contribution in [0.1, 0.15) is 37.7 Å². The third-order valence-electron chi connectivity index (χ3n) is 4.42. The van der Waals surface area contributed by atoms with Crippen LogP contribution in [0.3, 0.4) is 0 Å². The van der Waals surface area contributed by atoms with Gasteiger partial charge in [-0.25, -0.2) is 0 Å². The van der Waals surface area contributed by atoms with Crippen molar-refractivity contribution in [1.29, 1.82) is 0 Å². The third-order valence-corrected chi connectivity index (χ3v) is 5.85. The summed E-state index contributed by atoms with van der Waals surface area (Å²) in [5.41, 5.74) is 0.645. The summed E-state index contributed by atoms with van der Waals surface area (Å²) in [6, 6.07) is 5.53. The van der Waals surface area contributed by atoms with Crippen molar-refractivity contribution in [3.8, 4) is 11.3 Å². The zero-order valence-electron chi connectivity index (χ0n) is 13.2. The van der Waals surface area contributed by atoms with Gasteiger partial charge in [0.25, 0.3) is 0 Å². The van der Waals surface area contributed by atoms with E-state index in [0.29, 0.717) is 49.5 Å². The van der Waals surface area contributed by atoms with E-state index in [9.17, 15) is 9.18 Å². The van der Waals surface area contributed by atoms with Crippen LogP contribution in [-0.2, 0) is 4.79 Å². The molecule has 6 heteroatoms. The van der Waals surface area contributed by atoms with Gasteiger partial charge in [-0.15, -0.1) is 0 Å². The van der Waals surface area contributed by atoms with Gasteiger partial charge in [0.1, 0.15) is 0 Å². The molecule has 1 saturated carbocycles. The van der Waals surface area contributed by atoms with Crippen LogP contribution in [0.15, 0.2) is 36.8 Å². The number of halogens is 2. The fraction of sp³-hybridized carbons (Fsp3) is 0.333. The van der Waals surface area contributed by atoms with Crippen molar-refractivity contribution >= 4 is 49.5 Å². The summed E-state index contributed by atoms with van der Waals surface area (Å²) in [5, 5.41) is 0.526. The van der Waals surface area contributed by atoms with E-state index < -0.39 is 11.5 Å². The van der Waals surface area contributed by atoms with Gasteiger partial charge in [0.2, 0.25) is 0 Å². The molecule has 0 unspecified atom stereocenters. The van der Waals surface area contributed by atoms with Gasteiger partial charge >= 0.3 is 162 Å². The summed E-state index contributed by atoms with van der Waals surface area (Å²) in [6.45, 7) is 0. The first-order chi connectivity index (χ1) is 11.5. The minimum atomic E-state index is -1.71. The van der Waals surface area contributed by atoms with Crippen molar-refractivity contribution in [3.05, 3.63) is 47.4 Å². The second kappa shape index (κ2) is 7.47. The molecule has 0 atom stereocenters. The molecule has 0 spiro atoms. The molecule has 1 aliphatic carbocycles.